The second kappa shape index (κ2) is 5.82. The van der Waals surface area contributed by atoms with Gasteiger partial charge in [0.2, 0.25) is 0 Å². The molecule has 0 spiro atoms. The SMILES string of the molecule is COC(=O)CC1(CSCC(=O)c2cccn2C)CC1. The molecule has 0 radical (unpaired) electrons. The summed E-state index contributed by atoms with van der Waals surface area (Å²) in [6.07, 6.45) is 4.48. The Labute approximate surface area is 117 Å². The molecular weight excluding hydrogens is 262 g/mol. The second-order valence-electron chi connectivity index (χ2n) is 5.17. The highest BCUT2D eigenvalue weighted by atomic mass is 32.2. The maximum atomic E-state index is 12.0. The maximum absolute atomic E-state index is 12.0. The number of thioether (sulfide) groups is 1. The first kappa shape index (κ1) is 14.2. The molecule has 104 valence electrons. The predicted octanol–water partition coefficient (Wildman–Crippen LogP) is 2.28. The van der Waals surface area contributed by atoms with E-state index in [0.29, 0.717) is 12.2 Å². The van der Waals surface area contributed by atoms with Gasteiger partial charge in [-0.05, 0) is 36.1 Å². The number of ether oxygens (including phenoxy) is 1. The molecule has 0 unspecified atom stereocenters. The fourth-order valence-electron chi connectivity index (χ4n) is 2.11. The summed E-state index contributed by atoms with van der Waals surface area (Å²) >= 11 is 1.62. The van der Waals surface area contributed by atoms with Gasteiger partial charge in [-0.1, -0.05) is 0 Å². The molecule has 0 saturated heterocycles. The van der Waals surface area contributed by atoms with E-state index in [9.17, 15) is 9.59 Å². The largest absolute Gasteiger partial charge is 0.469 e. The van der Waals surface area contributed by atoms with Gasteiger partial charge in [0.05, 0.1) is 25.0 Å². The molecule has 0 amide bonds. The lowest BCUT2D eigenvalue weighted by Crippen LogP contribution is -2.15. The summed E-state index contributed by atoms with van der Waals surface area (Å²) < 4.78 is 6.55. The summed E-state index contributed by atoms with van der Waals surface area (Å²) in [5.41, 5.74) is 0.831. The topological polar surface area (TPSA) is 48.3 Å². The maximum Gasteiger partial charge on any atom is 0.306 e. The number of Topliss-reactive ketones (excluding diaryl/α,β-unsaturated/α-hetero) is 1. The van der Waals surface area contributed by atoms with Crippen molar-refractivity contribution in [2.75, 3.05) is 18.6 Å². The summed E-state index contributed by atoms with van der Waals surface area (Å²) in [5.74, 6) is 1.33. The standard InChI is InChI=1S/C14H19NO3S/c1-15-7-3-4-11(15)12(16)9-19-10-14(5-6-14)8-13(17)18-2/h3-4,7H,5-6,8-10H2,1-2H3. The van der Waals surface area contributed by atoms with E-state index < -0.39 is 0 Å². The molecule has 1 aromatic heterocycles. The van der Waals surface area contributed by atoms with Crippen LogP contribution in [-0.4, -0.2) is 34.9 Å². The Morgan fingerprint density at radius 3 is 2.74 bits per heavy atom. The van der Waals surface area contributed by atoms with Gasteiger partial charge in [-0.3, -0.25) is 9.59 Å². The average molecular weight is 281 g/mol. The van der Waals surface area contributed by atoms with Crippen LogP contribution in [-0.2, 0) is 16.6 Å². The van der Waals surface area contributed by atoms with Crippen LogP contribution in [0.1, 0.15) is 29.8 Å². The number of aromatic nitrogens is 1. The third kappa shape index (κ3) is 3.62. The number of carbonyl (C=O) groups excluding carboxylic acids is 2. The van der Waals surface area contributed by atoms with Crippen LogP contribution in [0.2, 0.25) is 0 Å². The van der Waals surface area contributed by atoms with Crippen molar-refractivity contribution in [3.05, 3.63) is 24.0 Å². The van der Waals surface area contributed by atoms with Crippen molar-refractivity contribution in [2.24, 2.45) is 12.5 Å². The van der Waals surface area contributed by atoms with Crippen LogP contribution in [0.15, 0.2) is 18.3 Å². The Morgan fingerprint density at radius 1 is 1.47 bits per heavy atom. The minimum atomic E-state index is -0.146. The first-order chi connectivity index (χ1) is 9.06. The zero-order valence-electron chi connectivity index (χ0n) is 11.3. The highest BCUT2D eigenvalue weighted by Crippen LogP contribution is 2.51. The van der Waals surface area contributed by atoms with Crippen LogP contribution >= 0.6 is 11.8 Å². The van der Waals surface area contributed by atoms with E-state index in [-0.39, 0.29) is 17.2 Å². The summed E-state index contributed by atoms with van der Waals surface area (Å²) in [7, 11) is 3.29. The lowest BCUT2D eigenvalue weighted by molar-refractivity contribution is -0.141. The van der Waals surface area contributed by atoms with Gasteiger partial charge in [0.25, 0.3) is 0 Å². The van der Waals surface area contributed by atoms with Crippen LogP contribution in [0.25, 0.3) is 0 Å². The van der Waals surface area contributed by atoms with Crippen molar-refractivity contribution in [2.45, 2.75) is 19.3 Å². The van der Waals surface area contributed by atoms with Crippen LogP contribution in [0, 0.1) is 5.41 Å². The Kier molecular flexibility index (Phi) is 4.34. The first-order valence-corrected chi connectivity index (χ1v) is 7.51. The fraction of sp³-hybridized carbons (Fsp3) is 0.571. The van der Waals surface area contributed by atoms with E-state index in [4.69, 9.17) is 4.74 Å². The van der Waals surface area contributed by atoms with Crippen molar-refractivity contribution >= 4 is 23.5 Å². The van der Waals surface area contributed by atoms with Gasteiger partial charge in [-0.15, -0.1) is 0 Å². The van der Waals surface area contributed by atoms with Gasteiger partial charge < -0.3 is 9.30 Å². The first-order valence-electron chi connectivity index (χ1n) is 6.35. The van der Waals surface area contributed by atoms with Crippen molar-refractivity contribution in [1.29, 1.82) is 0 Å². The number of hydrogen-bond donors (Lipinski definition) is 0. The molecule has 1 saturated carbocycles. The zero-order valence-corrected chi connectivity index (χ0v) is 12.2. The van der Waals surface area contributed by atoms with E-state index in [1.165, 1.54) is 7.11 Å². The van der Waals surface area contributed by atoms with E-state index in [0.717, 1.165) is 24.3 Å². The lowest BCUT2D eigenvalue weighted by atomic mass is 10.1. The van der Waals surface area contributed by atoms with Crippen LogP contribution < -0.4 is 0 Å². The van der Waals surface area contributed by atoms with Gasteiger partial charge in [-0.25, -0.2) is 0 Å². The van der Waals surface area contributed by atoms with Gasteiger partial charge in [0.1, 0.15) is 0 Å². The molecule has 0 atom stereocenters. The molecule has 19 heavy (non-hydrogen) atoms. The Hall–Kier alpha value is -1.23. The van der Waals surface area contributed by atoms with Crippen LogP contribution in [0.4, 0.5) is 0 Å². The lowest BCUT2D eigenvalue weighted by Gasteiger charge is -2.12. The molecular formula is C14H19NO3S. The van der Waals surface area contributed by atoms with E-state index in [2.05, 4.69) is 0 Å². The Bertz CT molecular complexity index is 477. The molecule has 0 aromatic carbocycles. The molecule has 1 aliphatic carbocycles. The highest BCUT2D eigenvalue weighted by Gasteiger charge is 2.44. The van der Waals surface area contributed by atoms with Gasteiger partial charge >= 0.3 is 5.97 Å². The van der Waals surface area contributed by atoms with Crippen molar-refractivity contribution < 1.29 is 14.3 Å². The predicted molar refractivity (Wildman–Crippen MR) is 75.4 cm³/mol. The number of methoxy groups -OCH3 is 1. The molecule has 1 heterocycles. The van der Waals surface area contributed by atoms with Gasteiger partial charge in [-0.2, -0.15) is 11.8 Å². The zero-order chi connectivity index (χ0) is 13.9. The van der Waals surface area contributed by atoms with E-state index >= 15 is 0 Å². The highest BCUT2D eigenvalue weighted by molar-refractivity contribution is 8.00. The molecule has 2 rings (SSSR count). The second-order valence-corrected chi connectivity index (χ2v) is 6.16. The molecule has 1 aromatic rings. The number of ketones is 1. The van der Waals surface area contributed by atoms with Crippen molar-refractivity contribution in [1.82, 2.24) is 4.57 Å². The third-order valence-electron chi connectivity index (χ3n) is 3.57. The number of hydrogen-bond acceptors (Lipinski definition) is 4. The third-order valence-corrected chi connectivity index (χ3v) is 4.86. The molecule has 0 aliphatic heterocycles. The van der Waals surface area contributed by atoms with Gasteiger partial charge in [0.15, 0.2) is 5.78 Å². The molecule has 5 heteroatoms. The Balaban J connectivity index is 1.77. The summed E-state index contributed by atoms with van der Waals surface area (Å²) in [6.45, 7) is 0. The molecule has 1 aliphatic rings. The van der Waals surface area contributed by atoms with E-state index in [1.807, 2.05) is 29.9 Å². The fourth-order valence-corrected chi connectivity index (χ4v) is 3.37. The number of rotatable bonds is 7. The van der Waals surface area contributed by atoms with Gasteiger partial charge in [0, 0.05) is 13.2 Å². The number of carbonyl (C=O) groups is 2. The quantitative estimate of drug-likeness (QED) is 0.568. The van der Waals surface area contributed by atoms with Crippen LogP contribution in [0.5, 0.6) is 0 Å². The minimum Gasteiger partial charge on any atom is -0.469 e. The van der Waals surface area contributed by atoms with E-state index in [1.54, 1.807) is 11.8 Å². The monoisotopic (exact) mass is 281 g/mol. The summed E-state index contributed by atoms with van der Waals surface area (Å²) in [6, 6.07) is 3.71. The Morgan fingerprint density at radius 2 is 2.21 bits per heavy atom. The number of aryl methyl sites for hydroxylation is 1. The van der Waals surface area contributed by atoms with Crippen molar-refractivity contribution in [3.8, 4) is 0 Å². The van der Waals surface area contributed by atoms with Crippen molar-refractivity contribution in [3.63, 3.8) is 0 Å². The number of nitrogens with zero attached hydrogens (tertiary/aromatic N) is 1. The molecule has 4 nitrogen and oxygen atoms in total. The smallest absolute Gasteiger partial charge is 0.306 e. The number of esters is 1. The summed E-state index contributed by atoms with van der Waals surface area (Å²) in [4.78, 5) is 23.3. The molecule has 1 fully saturated rings. The minimum absolute atomic E-state index is 0.0895. The van der Waals surface area contributed by atoms with Crippen LogP contribution in [0.3, 0.4) is 0 Å². The molecule has 0 N–H and O–H groups in total. The normalized spacial score (nSPS) is 16.1. The molecule has 0 bridgehead atoms. The summed E-state index contributed by atoms with van der Waals surface area (Å²) in [5, 5.41) is 0. The average Bonchev–Trinajstić information content (AvgIpc) is 2.99.